The van der Waals surface area contributed by atoms with Crippen LogP contribution in [-0.4, -0.2) is 74.6 Å². The summed E-state index contributed by atoms with van der Waals surface area (Å²) in [6, 6.07) is 0. The Morgan fingerprint density at radius 2 is 0.684 bits per heavy atom. The topological polar surface area (TPSA) is 76.1 Å². The maximum atomic E-state index is 13.7. The number of ether oxygens (including phenoxy) is 2. The molecule has 1 atom stereocenters. The first-order valence-electron chi connectivity index (χ1n) is 25.0. The molecule has 0 bridgehead atoms. The molecule has 0 spiro atoms. The highest BCUT2D eigenvalue weighted by Crippen LogP contribution is 2.23. The molecule has 57 heavy (non-hydrogen) atoms. The molecule has 338 valence electrons. The number of nitrogens with zero attached hydrogens (tertiary/aromatic N) is 2. The number of hydrogen-bond donors (Lipinski definition) is 0. The van der Waals surface area contributed by atoms with Gasteiger partial charge in [0.05, 0.1) is 24.9 Å². The highest BCUT2D eigenvalue weighted by atomic mass is 16.5. The first-order valence-corrected chi connectivity index (χ1v) is 25.0. The molecule has 0 rings (SSSR count). The summed E-state index contributed by atoms with van der Waals surface area (Å²) < 4.78 is 11.9. The van der Waals surface area contributed by atoms with E-state index in [2.05, 4.69) is 27.7 Å². The summed E-state index contributed by atoms with van der Waals surface area (Å²) in [5.74, 6) is -0.550. The van der Waals surface area contributed by atoms with Crippen molar-refractivity contribution in [3.63, 3.8) is 0 Å². The predicted octanol–water partition coefficient (Wildman–Crippen LogP) is 13.9. The summed E-state index contributed by atoms with van der Waals surface area (Å²) in [6.07, 6.45) is 38.1. The lowest BCUT2D eigenvalue weighted by atomic mass is 9.94. The number of rotatable bonds is 43. The average molecular weight is 807 g/mol. The van der Waals surface area contributed by atoms with Gasteiger partial charge in [-0.1, -0.05) is 214 Å². The van der Waals surface area contributed by atoms with E-state index >= 15 is 0 Å². The first kappa shape index (κ1) is 55.4. The van der Waals surface area contributed by atoms with Crippen LogP contribution in [0.25, 0.3) is 0 Å². The van der Waals surface area contributed by atoms with E-state index in [1.165, 1.54) is 154 Å². The molecule has 0 aromatic carbocycles. The lowest BCUT2D eigenvalue weighted by Crippen LogP contribution is -2.43. The number of unbranched alkanes of at least 4 members (excludes halogenated alkanes) is 24. The van der Waals surface area contributed by atoms with Crippen molar-refractivity contribution in [3.05, 3.63) is 0 Å². The number of carbonyl (C=O) groups excluding carboxylic acids is 3. The molecule has 0 aromatic rings. The van der Waals surface area contributed by atoms with Crippen LogP contribution in [-0.2, 0) is 23.9 Å². The zero-order valence-corrected chi connectivity index (χ0v) is 39.3. The second kappa shape index (κ2) is 41.1. The number of hydrogen-bond acceptors (Lipinski definition) is 6. The monoisotopic (exact) mass is 807 g/mol. The summed E-state index contributed by atoms with van der Waals surface area (Å²) in [5.41, 5.74) is 0. The molecular formula is C50H98N2O5. The molecule has 0 radical (unpaired) electrons. The standard InChI is InChI=1S/C50H98N2O5/c1-8-12-16-20-24-28-32-36-46(37-33-29-25-21-17-13-9-2)49(54)56-42-40-52(48(53)45(5)44-51(6)7)41-43-57-50(55)47(38-34-30-26-22-18-14-10-3)39-35-31-27-23-19-15-11-4/h45-47H,8-44H2,1-7H3. The summed E-state index contributed by atoms with van der Waals surface area (Å²) in [5, 5.41) is 0. The Morgan fingerprint density at radius 1 is 0.421 bits per heavy atom. The molecule has 0 aliphatic carbocycles. The Hall–Kier alpha value is -1.63. The van der Waals surface area contributed by atoms with Gasteiger partial charge < -0.3 is 19.3 Å². The van der Waals surface area contributed by atoms with Crippen LogP contribution >= 0.6 is 0 Å². The van der Waals surface area contributed by atoms with E-state index in [1.54, 1.807) is 4.90 Å². The molecule has 1 amide bonds. The molecule has 0 N–H and O–H groups in total. The van der Waals surface area contributed by atoms with Crippen LogP contribution in [0.2, 0.25) is 0 Å². The largest absolute Gasteiger partial charge is 0.464 e. The van der Waals surface area contributed by atoms with E-state index in [9.17, 15) is 14.4 Å². The van der Waals surface area contributed by atoms with Gasteiger partial charge in [0.25, 0.3) is 0 Å². The van der Waals surface area contributed by atoms with Crippen molar-refractivity contribution >= 4 is 17.8 Å². The van der Waals surface area contributed by atoms with Crippen LogP contribution in [0.5, 0.6) is 0 Å². The zero-order chi connectivity index (χ0) is 42.2. The van der Waals surface area contributed by atoms with Gasteiger partial charge >= 0.3 is 11.9 Å². The van der Waals surface area contributed by atoms with Crippen molar-refractivity contribution in [1.82, 2.24) is 9.80 Å². The Labute approximate surface area is 355 Å². The van der Waals surface area contributed by atoms with Crippen molar-refractivity contribution < 1.29 is 23.9 Å². The van der Waals surface area contributed by atoms with Crippen molar-refractivity contribution in [2.75, 3.05) is 46.9 Å². The lowest BCUT2D eigenvalue weighted by molar-refractivity contribution is -0.153. The van der Waals surface area contributed by atoms with Crippen molar-refractivity contribution in [3.8, 4) is 0 Å². The van der Waals surface area contributed by atoms with E-state index in [4.69, 9.17) is 9.47 Å². The second-order valence-electron chi connectivity index (χ2n) is 17.9. The quantitative estimate of drug-likeness (QED) is 0.0451. The molecule has 7 nitrogen and oxygen atoms in total. The van der Waals surface area contributed by atoms with E-state index < -0.39 is 0 Å². The molecule has 0 aliphatic rings. The molecular weight excluding hydrogens is 709 g/mol. The summed E-state index contributed by atoms with van der Waals surface area (Å²) in [7, 11) is 3.95. The second-order valence-corrected chi connectivity index (χ2v) is 17.9. The smallest absolute Gasteiger partial charge is 0.308 e. The number of amides is 1. The molecule has 0 saturated heterocycles. The third kappa shape index (κ3) is 33.9. The van der Waals surface area contributed by atoms with Gasteiger partial charge in [-0.05, 0) is 39.8 Å². The van der Waals surface area contributed by atoms with Crippen LogP contribution in [0.3, 0.4) is 0 Å². The molecule has 0 aliphatic heterocycles. The Balaban J connectivity index is 5.33. The van der Waals surface area contributed by atoms with Crippen LogP contribution in [0.4, 0.5) is 0 Å². The van der Waals surface area contributed by atoms with Crippen LogP contribution in [0.15, 0.2) is 0 Å². The van der Waals surface area contributed by atoms with Crippen LogP contribution in [0, 0.1) is 17.8 Å². The number of esters is 2. The van der Waals surface area contributed by atoms with E-state index in [-0.39, 0.29) is 48.8 Å². The summed E-state index contributed by atoms with van der Waals surface area (Å²) in [6.45, 7) is 12.6. The van der Waals surface area contributed by atoms with Gasteiger partial charge in [0.1, 0.15) is 13.2 Å². The molecule has 7 heteroatoms. The summed E-state index contributed by atoms with van der Waals surface area (Å²) in [4.78, 5) is 44.5. The highest BCUT2D eigenvalue weighted by molar-refractivity contribution is 5.79. The third-order valence-corrected chi connectivity index (χ3v) is 11.9. The lowest BCUT2D eigenvalue weighted by Gasteiger charge is -2.27. The Kier molecular flexibility index (Phi) is 39.9. The van der Waals surface area contributed by atoms with E-state index in [1.807, 2.05) is 25.9 Å². The van der Waals surface area contributed by atoms with E-state index in [0.29, 0.717) is 19.6 Å². The maximum absolute atomic E-state index is 13.7. The van der Waals surface area contributed by atoms with E-state index in [0.717, 1.165) is 51.4 Å². The van der Waals surface area contributed by atoms with Gasteiger partial charge in [-0.2, -0.15) is 0 Å². The Morgan fingerprint density at radius 3 is 0.947 bits per heavy atom. The minimum Gasteiger partial charge on any atom is -0.464 e. The molecule has 0 saturated carbocycles. The first-order chi connectivity index (χ1) is 27.7. The van der Waals surface area contributed by atoms with Crippen molar-refractivity contribution in [1.29, 1.82) is 0 Å². The molecule has 0 fully saturated rings. The minimum atomic E-state index is -0.212. The van der Waals surface area contributed by atoms with Gasteiger partial charge in [0.2, 0.25) is 5.91 Å². The average Bonchev–Trinajstić information content (AvgIpc) is 3.19. The predicted molar refractivity (Wildman–Crippen MR) is 244 cm³/mol. The fourth-order valence-electron chi connectivity index (χ4n) is 8.17. The van der Waals surface area contributed by atoms with Gasteiger partial charge in [-0.25, -0.2) is 0 Å². The van der Waals surface area contributed by atoms with Crippen molar-refractivity contribution in [2.45, 2.75) is 240 Å². The minimum absolute atomic E-state index is 0.0150. The molecule has 1 unspecified atom stereocenters. The van der Waals surface area contributed by atoms with Gasteiger partial charge in [-0.3, -0.25) is 14.4 Å². The van der Waals surface area contributed by atoms with Gasteiger partial charge in [0.15, 0.2) is 0 Å². The fourth-order valence-corrected chi connectivity index (χ4v) is 8.17. The molecule has 0 aromatic heterocycles. The normalized spacial score (nSPS) is 12.2. The SMILES string of the molecule is CCCCCCCCCC(CCCCCCCCC)C(=O)OCCN(CCOC(=O)C(CCCCCCCCC)CCCCCCCCC)C(=O)C(C)CN(C)C. The Bertz CT molecular complexity index is 817. The summed E-state index contributed by atoms with van der Waals surface area (Å²) >= 11 is 0. The van der Waals surface area contributed by atoms with Gasteiger partial charge in [-0.15, -0.1) is 0 Å². The van der Waals surface area contributed by atoms with Gasteiger partial charge in [0, 0.05) is 12.5 Å². The van der Waals surface area contributed by atoms with Crippen molar-refractivity contribution in [2.24, 2.45) is 17.8 Å². The maximum Gasteiger partial charge on any atom is 0.308 e. The molecule has 0 heterocycles. The van der Waals surface area contributed by atoms with Crippen LogP contribution in [0.1, 0.15) is 240 Å². The number of carbonyl (C=O) groups is 3. The zero-order valence-electron chi connectivity index (χ0n) is 39.3. The third-order valence-electron chi connectivity index (χ3n) is 11.9. The highest BCUT2D eigenvalue weighted by Gasteiger charge is 2.25. The van der Waals surface area contributed by atoms with Crippen LogP contribution < -0.4 is 0 Å². The fraction of sp³-hybridized carbons (Fsp3) is 0.940.